The first-order valence-corrected chi connectivity index (χ1v) is 10.1. The van der Waals surface area contributed by atoms with Crippen LogP contribution in [0.25, 0.3) is 0 Å². The number of allylic oxidation sites excluding steroid dienone is 6. The molecule has 0 aromatic carbocycles. The zero-order valence-electron chi connectivity index (χ0n) is 18.9. The Labute approximate surface area is 164 Å². The molecule has 0 aliphatic heterocycles. The summed E-state index contributed by atoms with van der Waals surface area (Å²) < 4.78 is 0. The number of hydrogen-bond donors (Lipinski definition) is 1. The fraction of sp³-hybridized carbons (Fsp3) is 0.600. The van der Waals surface area contributed by atoms with Crippen LogP contribution < -0.4 is 5.32 Å². The van der Waals surface area contributed by atoms with Crippen LogP contribution in [0.4, 0.5) is 0 Å². The Hall–Kier alpha value is -1.50. The second-order valence-electron chi connectivity index (χ2n) is 8.40. The summed E-state index contributed by atoms with van der Waals surface area (Å²) in [6.45, 7) is 32.7. The molecule has 0 spiro atoms. The quantitative estimate of drug-likeness (QED) is 0.294. The van der Waals surface area contributed by atoms with E-state index in [0.717, 1.165) is 29.8 Å². The zero-order valence-corrected chi connectivity index (χ0v) is 18.9. The Kier molecular flexibility index (Phi) is 10.6. The molecule has 26 heavy (non-hydrogen) atoms. The summed E-state index contributed by atoms with van der Waals surface area (Å²) in [6, 6.07) is 0. The van der Waals surface area contributed by atoms with Crippen molar-refractivity contribution < 1.29 is 0 Å². The largest absolute Gasteiger partial charge is 0.363 e. The smallest absolute Gasteiger partial charge is 0.0120 e. The van der Waals surface area contributed by atoms with E-state index in [2.05, 4.69) is 93.4 Å². The highest BCUT2D eigenvalue weighted by Crippen LogP contribution is 2.28. The molecule has 1 heteroatoms. The highest BCUT2D eigenvalue weighted by atomic mass is 14.9. The summed E-state index contributed by atoms with van der Waals surface area (Å²) in [4.78, 5) is 0. The SMILES string of the molecule is C=C(C/C(=C\C(C)C(C)/C(C)=C(\C)CC)C(=C)C)NC(=C)C(C)C(C)C. The molecule has 3 atom stereocenters. The van der Waals surface area contributed by atoms with Gasteiger partial charge in [-0.3, -0.25) is 0 Å². The van der Waals surface area contributed by atoms with E-state index >= 15 is 0 Å². The van der Waals surface area contributed by atoms with Gasteiger partial charge in [-0.15, -0.1) is 0 Å². The fourth-order valence-corrected chi connectivity index (χ4v) is 2.89. The van der Waals surface area contributed by atoms with E-state index in [0.29, 0.717) is 23.7 Å². The van der Waals surface area contributed by atoms with Crippen molar-refractivity contribution in [1.29, 1.82) is 0 Å². The summed E-state index contributed by atoms with van der Waals surface area (Å²) in [7, 11) is 0. The van der Waals surface area contributed by atoms with Gasteiger partial charge >= 0.3 is 0 Å². The van der Waals surface area contributed by atoms with Gasteiger partial charge in [-0.05, 0) is 56.4 Å². The molecule has 0 heterocycles. The first-order chi connectivity index (χ1) is 11.9. The summed E-state index contributed by atoms with van der Waals surface area (Å²) in [5.74, 6) is 1.99. The minimum atomic E-state index is 0.424. The molecular weight excluding hydrogens is 314 g/mol. The summed E-state index contributed by atoms with van der Waals surface area (Å²) in [5.41, 5.74) is 7.43. The van der Waals surface area contributed by atoms with Crippen LogP contribution in [0.15, 0.2) is 59.5 Å². The van der Waals surface area contributed by atoms with Crippen LogP contribution in [0.5, 0.6) is 0 Å². The average molecular weight is 358 g/mol. The zero-order chi connectivity index (χ0) is 20.6. The van der Waals surface area contributed by atoms with Gasteiger partial charge in [0.05, 0.1) is 0 Å². The van der Waals surface area contributed by atoms with Gasteiger partial charge in [0.2, 0.25) is 0 Å². The van der Waals surface area contributed by atoms with Gasteiger partial charge in [-0.1, -0.05) is 84.1 Å². The van der Waals surface area contributed by atoms with Crippen molar-refractivity contribution in [3.05, 3.63) is 59.5 Å². The molecule has 1 N–H and O–H groups in total. The van der Waals surface area contributed by atoms with Crippen LogP contribution in [0.2, 0.25) is 0 Å². The third kappa shape index (κ3) is 7.81. The van der Waals surface area contributed by atoms with E-state index in [4.69, 9.17) is 0 Å². The van der Waals surface area contributed by atoms with Crippen LogP contribution in [-0.4, -0.2) is 0 Å². The molecule has 0 rings (SSSR count). The summed E-state index contributed by atoms with van der Waals surface area (Å²) in [5, 5.41) is 3.42. The van der Waals surface area contributed by atoms with Gasteiger partial charge in [0.25, 0.3) is 0 Å². The molecule has 1 nitrogen and oxygen atoms in total. The van der Waals surface area contributed by atoms with Gasteiger partial charge in [-0.2, -0.15) is 0 Å². The van der Waals surface area contributed by atoms with Crippen LogP contribution in [0, 0.1) is 23.7 Å². The van der Waals surface area contributed by atoms with E-state index in [1.165, 1.54) is 16.7 Å². The fourth-order valence-electron chi connectivity index (χ4n) is 2.89. The molecule has 0 amide bonds. The second kappa shape index (κ2) is 11.3. The lowest BCUT2D eigenvalue weighted by Crippen LogP contribution is -2.20. The van der Waals surface area contributed by atoms with Gasteiger partial charge in [0.15, 0.2) is 0 Å². The van der Waals surface area contributed by atoms with E-state index in [-0.39, 0.29) is 0 Å². The molecular formula is C25H43N. The topological polar surface area (TPSA) is 12.0 Å². The summed E-state index contributed by atoms with van der Waals surface area (Å²) >= 11 is 0. The molecule has 0 aliphatic rings. The molecule has 0 aromatic rings. The minimum Gasteiger partial charge on any atom is -0.363 e. The molecule has 0 fully saturated rings. The predicted molar refractivity (Wildman–Crippen MR) is 120 cm³/mol. The second-order valence-corrected chi connectivity index (χ2v) is 8.40. The van der Waals surface area contributed by atoms with E-state index in [1.54, 1.807) is 0 Å². The molecule has 0 bridgehead atoms. The van der Waals surface area contributed by atoms with Gasteiger partial charge in [0, 0.05) is 17.8 Å². The van der Waals surface area contributed by atoms with Crippen molar-refractivity contribution in [3.63, 3.8) is 0 Å². The highest BCUT2D eigenvalue weighted by Gasteiger charge is 2.16. The Bertz CT molecular complexity index is 571. The maximum Gasteiger partial charge on any atom is 0.0120 e. The van der Waals surface area contributed by atoms with Crippen molar-refractivity contribution >= 4 is 0 Å². The highest BCUT2D eigenvalue weighted by molar-refractivity contribution is 5.32. The third-order valence-corrected chi connectivity index (χ3v) is 5.98. The Morgan fingerprint density at radius 1 is 0.923 bits per heavy atom. The molecule has 148 valence electrons. The Balaban J connectivity index is 5.19. The minimum absolute atomic E-state index is 0.424. The molecule has 0 saturated carbocycles. The number of rotatable bonds is 11. The first kappa shape index (κ1) is 24.5. The van der Waals surface area contributed by atoms with Crippen molar-refractivity contribution in [2.45, 2.75) is 75.2 Å². The van der Waals surface area contributed by atoms with Gasteiger partial charge in [0.1, 0.15) is 0 Å². The van der Waals surface area contributed by atoms with Crippen molar-refractivity contribution in [2.24, 2.45) is 23.7 Å². The summed E-state index contributed by atoms with van der Waals surface area (Å²) in [6.07, 6.45) is 4.30. The van der Waals surface area contributed by atoms with E-state index in [9.17, 15) is 0 Å². The third-order valence-electron chi connectivity index (χ3n) is 5.98. The molecule has 0 radical (unpaired) electrons. The van der Waals surface area contributed by atoms with E-state index < -0.39 is 0 Å². The van der Waals surface area contributed by atoms with Crippen LogP contribution >= 0.6 is 0 Å². The number of nitrogens with one attached hydrogen (secondary N) is 1. The molecule has 0 aromatic heterocycles. The maximum atomic E-state index is 4.22. The van der Waals surface area contributed by atoms with Gasteiger partial charge < -0.3 is 5.32 Å². The predicted octanol–water partition coefficient (Wildman–Crippen LogP) is 7.81. The first-order valence-electron chi connectivity index (χ1n) is 10.1. The monoisotopic (exact) mass is 357 g/mol. The average Bonchev–Trinajstić information content (AvgIpc) is 2.57. The lowest BCUT2D eigenvalue weighted by molar-refractivity contribution is 0.462. The normalized spacial score (nSPS) is 16.6. The van der Waals surface area contributed by atoms with Crippen LogP contribution in [0.1, 0.15) is 75.2 Å². The van der Waals surface area contributed by atoms with Crippen molar-refractivity contribution in [1.82, 2.24) is 5.32 Å². The maximum absolute atomic E-state index is 4.22. The lowest BCUT2D eigenvalue weighted by Gasteiger charge is -2.24. The lowest BCUT2D eigenvalue weighted by atomic mass is 9.84. The Morgan fingerprint density at radius 2 is 1.46 bits per heavy atom. The van der Waals surface area contributed by atoms with Crippen molar-refractivity contribution in [3.8, 4) is 0 Å². The standard InChI is InChI=1S/C25H43N/c1-13-18(6)22(10)23(11)19(7)14-25(17(4)5)15-20(8)26-24(12)21(9)16(2)3/h14,16,19,21,23,26H,4,8,12-13,15H2,1-3,5-7,9-11H3/b22-18+,25-14+. The molecule has 0 saturated heterocycles. The van der Waals surface area contributed by atoms with Crippen molar-refractivity contribution in [2.75, 3.05) is 0 Å². The Morgan fingerprint density at radius 3 is 1.88 bits per heavy atom. The van der Waals surface area contributed by atoms with E-state index in [1.807, 2.05) is 0 Å². The van der Waals surface area contributed by atoms with Gasteiger partial charge in [-0.25, -0.2) is 0 Å². The molecule has 3 unspecified atom stereocenters. The van der Waals surface area contributed by atoms with Crippen LogP contribution in [-0.2, 0) is 0 Å². The molecule has 0 aliphatic carbocycles. The van der Waals surface area contributed by atoms with Crippen LogP contribution in [0.3, 0.4) is 0 Å². The number of hydrogen-bond acceptors (Lipinski definition) is 1.